The van der Waals surface area contributed by atoms with Gasteiger partial charge in [-0.15, -0.1) is 0 Å². The smallest absolute Gasteiger partial charge is 0.339 e. The molecule has 1 fully saturated rings. The predicted octanol–water partition coefficient (Wildman–Crippen LogP) is 0.720. The topological polar surface area (TPSA) is 87.2 Å². The number of likely N-dealkylation sites (N-methyl/N-ethyl adjacent to an activating group) is 1. The maximum atomic E-state index is 12.6. The van der Waals surface area contributed by atoms with Crippen molar-refractivity contribution in [2.75, 3.05) is 38.7 Å². The third kappa shape index (κ3) is 3.08. The van der Waals surface area contributed by atoms with Gasteiger partial charge in [-0.2, -0.15) is 0 Å². The van der Waals surface area contributed by atoms with E-state index in [4.69, 9.17) is 4.74 Å². The van der Waals surface area contributed by atoms with E-state index in [1.165, 1.54) is 30.0 Å². The summed E-state index contributed by atoms with van der Waals surface area (Å²) in [4.78, 5) is 52.0. The van der Waals surface area contributed by atoms with Gasteiger partial charge >= 0.3 is 23.8 Å². The lowest BCUT2D eigenvalue weighted by Crippen LogP contribution is -2.58. The first-order valence-electron chi connectivity index (χ1n) is 7.48. The Morgan fingerprint density at radius 2 is 1.83 bits per heavy atom. The van der Waals surface area contributed by atoms with Gasteiger partial charge in [-0.25, -0.2) is 9.59 Å². The Balaban J connectivity index is 2.26. The van der Waals surface area contributed by atoms with Gasteiger partial charge in [0.2, 0.25) is 0 Å². The van der Waals surface area contributed by atoms with Gasteiger partial charge in [0.05, 0.1) is 18.4 Å². The summed E-state index contributed by atoms with van der Waals surface area (Å²) >= 11 is 0. The third-order valence-corrected chi connectivity index (χ3v) is 3.88. The lowest BCUT2D eigenvalue weighted by atomic mass is 10.1. The number of amides is 4. The molecule has 24 heavy (non-hydrogen) atoms. The predicted molar refractivity (Wildman–Crippen MR) is 85.5 cm³/mol. The fraction of sp³-hybridized carbons (Fsp3) is 0.375. The number of methoxy groups -OCH3 is 1. The standard InChI is InChI=1S/C16H19N3O5/c1-4-18-9-10-19(14(21)13(18)20)16(23)17(2)12-8-6-5-7-11(12)15(22)24-3/h5-8H,4,9-10H2,1-3H3. The molecule has 1 aliphatic rings. The number of ether oxygens (including phenoxy) is 1. The maximum absolute atomic E-state index is 12.6. The number of urea groups is 1. The van der Waals surface area contributed by atoms with Crippen LogP contribution in [0.5, 0.6) is 0 Å². The number of carbonyl (C=O) groups is 4. The molecule has 0 bridgehead atoms. The largest absolute Gasteiger partial charge is 0.465 e. The van der Waals surface area contributed by atoms with Crippen LogP contribution >= 0.6 is 0 Å². The quantitative estimate of drug-likeness (QED) is 0.601. The second-order valence-corrected chi connectivity index (χ2v) is 5.19. The number of benzene rings is 1. The molecule has 1 heterocycles. The van der Waals surface area contributed by atoms with Crippen molar-refractivity contribution in [1.29, 1.82) is 0 Å². The molecule has 8 heteroatoms. The second-order valence-electron chi connectivity index (χ2n) is 5.19. The van der Waals surface area contributed by atoms with Crippen LogP contribution in [0, 0.1) is 0 Å². The van der Waals surface area contributed by atoms with E-state index in [9.17, 15) is 19.2 Å². The zero-order chi connectivity index (χ0) is 17.9. The molecule has 1 aromatic carbocycles. The van der Waals surface area contributed by atoms with Crippen molar-refractivity contribution < 1.29 is 23.9 Å². The molecule has 128 valence electrons. The summed E-state index contributed by atoms with van der Waals surface area (Å²) in [5.74, 6) is -2.16. The molecule has 2 rings (SSSR count). The van der Waals surface area contributed by atoms with E-state index in [0.717, 1.165) is 4.90 Å². The van der Waals surface area contributed by atoms with Gasteiger partial charge in [0.25, 0.3) is 0 Å². The van der Waals surface area contributed by atoms with Gasteiger partial charge in [0, 0.05) is 26.7 Å². The van der Waals surface area contributed by atoms with E-state index in [2.05, 4.69) is 0 Å². The van der Waals surface area contributed by atoms with Crippen LogP contribution in [0.1, 0.15) is 17.3 Å². The average molecular weight is 333 g/mol. The van der Waals surface area contributed by atoms with E-state index in [1.807, 2.05) is 0 Å². The highest BCUT2D eigenvalue weighted by Gasteiger charge is 2.37. The van der Waals surface area contributed by atoms with Crippen LogP contribution in [0.3, 0.4) is 0 Å². The average Bonchev–Trinajstić information content (AvgIpc) is 2.62. The normalized spacial score (nSPS) is 14.6. The highest BCUT2D eigenvalue weighted by atomic mass is 16.5. The summed E-state index contributed by atoms with van der Waals surface area (Å²) in [7, 11) is 2.68. The molecule has 0 N–H and O–H groups in total. The van der Waals surface area contributed by atoms with Gasteiger partial charge < -0.3 is 9.64 Å². The van der Waals surface area contributed by atoms with Crippen LogP contribution in [0.2, 0.25) is 0 Å². The highest BCUT2D eigenvalue weighted by molar-refractivity contribution is 6.38. The molecule has 8 nitrogen and oxygen atoms in total. The summed E-state index contributed by atoms with van der Waals surface area (Å²) in [6, 6.07) is 5.72. The van der Waals surface area contributed by atoms with Crippen LogP contribution in [0.4, 0.5) is 10.5 Å². The summed E-state index contributed by atoms with van der Waals surface area (Å²) in [5.41, 5.74) is 0.495. The van der Waals surface area contributed by atoms with Crippen molar-refractivity contribution in [3.63, 3.8) is 0 Å². The first-order chi connectivity index (χ1) is 11.4. The number of para-hydroxylation sites is 1. The maximum Gasteiger partial charge on any atom is 0.339 e. The monoisotopic (exact) mass is 333 g/mol. The zero-order valence-corrected chi connectivity index (χ0v) is 13.8. The van der Waals surface area contributed by atoms with Crippen LogP contribution < -0.4 is 4.90 Å². The van der Waals surface area contributed by atoms with E-state index in [-0.39, 0.29) is 12.1 Å². The van der Waals surface area contributed by atoms with E-state index in [0.29, 0.717) is 18.8 Å². The van der Waals surface area contributed by atoms with Crippen molar-refractivity contribution >= 4 is 29.5 Å². The minimum absolute atomic E-state index is 0.113. The number of nitrogens with zero attached hydrogens (tertiary/aromatic N) is 3. The summed E-state index contributed by atoms with van der Waals surface area (Å²) in [5, 5.41) is 0. The molecular weight excluding hydrogens is 314 g/mol. The number of hydrogen-bond donors (Lipinski definition) is 0. The Morgan fingerprint density at radius 3 is 2.46 bits per heavy atom. The van der Waals surface area contributed by atoms with E-state index >= 15 is 0 Å². The number of imide groups is 1. The van der Waals surface area contributed by atoms with Crippen molar-refractivity contribution in [2.45, 2.75) is 6.92 Å². The summed E-state index contributed by atoms with van der Waals surface area (Å²) < 4.78 is 4.70. The molecule has 4 amide bonds. The number of carbonyl (C=O) groups excluding carboxylic acids is 4. The van der Waals surface area contributed by atoms with Crippen molar-refractivity contribution in [3.8, 4) is 0 Å². The first-order valence-corrected chi connectivity index (χ1v) is 7.48. The fourth-order valence-electron chi connectivity index (χ4n) is 2.49. The Bertz CT molecular complexity index is 688. The van der Waals surface area contributed by atoms with Crippen molar-refractivity contribution in [3.05, 3.63) is 29.8 Å². The Kier molecular flexibility index (Phi) is 5.18. The minimum Gasteiger partial charge on any atom is -0.465 e. The molecular formula is C16H19N3O5. The lowest BCUT2D eigenvalue weighted by molar-refractivity contribution is -0.153. The third-order valence-electron chi connectivity index (χ3n) is 3.88. The van der Waals surface area contributed by atoms with Gasteiger partial charge in [-0.1, -0.05) is 12.1 Å². The Hall–Kier alpha value is -2.90. The highest BCUT2D eigenvalue weighted by Crippen LogP contribution is 2.22. The van der Waals surface area contributed by atoms with Crippen LogP contribution in [-0.2, 0) is 14.3 Å². The van der Waals surface area contributed by atoms with Crippen LogP contribution in [0.25, 0.3) is 0 Å². The molecule has 0 atom stereocenters. The van der Waals surface area contributed by atoms with Crippen molar-refractivity contribution in [1.82, 2.24) is 9.80 Å². The molecule has 0 aliphatic carbocycles. The molecule has 0 radical (unpaired) electrons. The SMILES string of the molecule is CCN1CCN(C(=O)N(C)c2ccccc2C(=O)OC)C(=O)C1=O. The zero-order valence-electron chi connectivity index (χ0n) is 13.8. The summed E-state index contributed by atoms with van der Waals surface area (Å²) in [6.07, 6.45) is 0. The van der Waals surface area contributed by atoms with Crippen molar-refractivity contribution in [2.24, 2.45) is 0 Å². The number of esters is 1. The molecule has 0 unspecified atom stereocenters. The first kappa shape index (κ1) is 17.5. The van der Waals surface area contributed by atoms with Crippen LogP contribution in [-0.4, -0.2) is 67.4 Å². The van der Waals surface area contributed by atoms with Crippen LogP contribution in [0.15, 0.2) is 24.3 Å². The number of anilines is 1. The fourth-order valence-corrected chi connectivity index (χ4v) is 2.49. The second kappa shape index (κ2) is 7.12. The lowest BCUT2D eigenvalue weighted by Gasteiger charge is -2.34. The number of piperazine rings is 1. The van der Waals surface area contributed by atoms with Gasteiger partial charge in [0.1, 0.15) is 0 Å². The molecule has 1 saturated heterocycles. The number of rotatable bonds is 3. The van der Waals surface area contributed by atoms with E-state index in [1.54, 1.807) is 25.1 Å². The van der Waals surface area contributed by atoms with Gasteiger partial charge in [-0.05, 0) is 19.1 Å². The summed E-state index contributed by atoms with van der Waals surface area (Å²) in [6.45, 7) is 2.58. The Morgan fingerprint density at radius 1 is 1.17 bits per heavy atom. The molecule has 0 saturated carbocycles. The molecule has 0 aromatic heterocycles. The number of hydrogen-bond acceptors (Lipinski definition) is 5. The molecule has 0 spiro atoms. The van der Waals surface area contributed by atoms with Gasteiger partial charge in [0.15, 0.2) is 0 Å². The van der Waals surface area contributed by atoms with E-state index < -0.39 is 23.8 Å². The molecule has 1 aromatic rings. The minimum atomic E-state index is -0.865. The molecule has 1 aliphatic heterocycles. The Labute approximate surface area is 139 Å². The van der Waals surface area contributed by atoms with Gasteiger partial charge in [-0.3, -0.25) is 19.4 Å².